The average molecular weight is 536 g/mol. The number of rotatable bonds is 9. The van der Waals surface area contributed by atoms with E-state index in [1.54, 1.807) is 30.3 Å². The Morgan fingerprint density at radius 1 is 0.912 bits per heavy atom. The van der Waals surface area contributed by atoms with Crippen molar-refractivity contribution in [3.05, 3.63) is 94.9 Å². The van der Waals surface area contributed by atoms with Crippen LogP contribution in [0.4, 0.5) is 4.79 Å². The summed E-state index contributed by atoms with van der Waals surface area (Å²) in [7, 11) is 0. The summed E-state index contributed by atoms with van der Waals surface area (Å²) in [5, 5.41) is 0.490. The molecule has 7 heteroatoms. The number of amides is 2. The van der Waals surface area contributed by atoms with Crippen molar-refractivity contribution in [2.24, 2.45) is 0 Å². The number of Topliss-reactive ketones (excluding diaryl/α,β-unsaturated/α-hetero) is 1. The molecular weight excluding hydrogens is 514 g/mol. The number of thioether (sulfide) groups is 1. The van der Waals surface area contributed by atoms with Gasteiger partial charge in [-0.25, -0.2) is 0 Å². The molecule has 0 aliphatic carbocycles. The Balaban J connectivity index is 1.33. The van der Waals surface area contributed by atoms with Crippen molar-refractivity contribution in [3.8, 4) is 16.9 Å². The first-order valence-corrected chi connectivity index (χ1v) is 12.7. The maximum atomic E-state index is 12.5. The fraction of sp³-hybridized carbons (Fsp3) is 0.148. The lowest BCUT2D eigenvalue weighted by Crippen LogP contribution is -2.29. The predicted molar refractivity (Wildman–Crippen MR) is 139 cm³/mol. The van der Waals surface area contributed by atoms with Gasteiger partial charge in [0.05, 0.1) is 4.91 Å². The quantitative estimate of drug-likeness (QED) is 0.179. The van der Waals surface area contributed by atoms with Crippen LogP contribution in [0.25, 0.3) is 17.2 Å². The van der Waals surface area contributed by atoms with Crippen LogP contribution in [0.15, 0.2) is 83.8 Å². The SMILES string of the molecule is O=C(COc1ccc(C=C2SC(=O)N(CCCBr)C2=O)cc1)c1ccc(-c2ccccc2)cc1. The van der Waals surface area contributed by atoms with E-state index in [1.807, 2.05) is 54.6 Å². The van der Waals surface area contributed by atoms with Gasteiger partial charge in [0, 0.05) is 17.4 Å². The minimum absolute atomic E-state index is 0.0729. The maximum Gasteiger partial charge on any atom is 0.293 e. The normalized spacial score (nSPS) is 14.6. The van der Waals surface area contributed by atoms with Crippen LogP contribution < -0.4 is 4.74 Å². The number of carbonyl (C=O) groups is 3. The molecule has 3 aromatic carbocycles. The van der Waals surface area contributed by atoms with Gasteiger partial charge in [-0.3, -0.25) is 19.3 Å². The number of hydrogen-bond donors (Lipinski definition) is 0. The lowest BCUT2D eigenvalue weighted by atomic mass is 10.0. The molecule has 34 heavy (non-hydrogen) atoms. The van der Waals surface area contributed by atoms with Gasteiger partial charge in [-0.05, 0) is 53.1 Å². The van der Waals surface area contributed by atoms with Crippen LogP contribution in [-0.4, -0.2) is 40.3 Å². The number of carbonyl (C=O) groups excluding carboxylic acids is 3. The van der Waals surface area contributed by atoms with Crippen LogP contribution in [0.3, 0.4) is 0 Å². The number of imide groups is 1. The molecule has 0 atom stereocenters. The van der Waals surface area contributed by atoms with Crippen LogP contribution in [-0.2, 0) is 4.79 Å². The molecule has 1 heterocycles. The topological polar surface area (TPSA) is 63.7 Å². The zero-order chi connectivity index (χ0) is 23.9. The smallest absolute Gasteiger partial charge is 0.293 e. The summed E-state index contributed by atoms with van der Waals surface area (Å²) in [5.41, 5.74) is 3.52. The summed E-state index contributed by atoms with van der Waals surface area (Å²) < 4.78 is 5.65. The Bertz CT molecular complexity index is 1210. The second-order valence-corrected chi connectivity index (χ2v) is 9.39. The maximum absolute atomic E-state index is 12.5. The molecule has 2 amide bonds. The first-order chi connectivity index (χ1) is 16.5. The van der Waals surface area contributed by atoms with E-state index in [9.17, 15) is 14.4 Å². The molecular formula is C27H22BrNO4S. The van der Waals surface area contributed by atoms with E-state index in [4.69, 9.17) is 4.74 Å². The number of halogens is 1. The molecule has 1 aliphatic rings. The van der Waals surface area contributed by atoms with Crippen molar-refractivity contribution in [2.75, 3.05) is 18.5 Å². The lowest BCUT2D eigenvalue weighted by Gasteiger charge is -2.10. The summed E-state index contributed by atoms with van der Waals surface area (Å²) in [5.74, 6) is 0.179. The van der Waals surface area contributed by atoms with Crippen LogP contribution in [0.2, 0.25) is 0 Å². The second kappa shape index (κ2) is 11.3. The molecule has 3 aromatic rings. The van der Waals surface area contributed by atoms with E-state index in [2.05, 4.69) is 15.9 Å². The minimum atomic E-state index is -0.264. The number of alkyl halides is 1. The van der Waals surface area contributed by atoms with Gasteiger partial charge in [-0.2, -0.15) is 0 Å². The van der Waals surface area contributed by atoms with Crippen molar-refractivity contribution in [1.82, 2.24) is 4.90 Å². The third-order valence-electron chi connectivity index (χ3n) is 5.25. The Hall–Kier alpha value is -3.16. The van der Waals surface area contributed by atoms with E-state index in [0.29, 0.717) is 29.2 Å². The summed E-state index contributed by atoms with van der Waals surface area (Å²) in [6, 6.07) is 24.5. The molecule has 1 aliphatic heterocycles. The van der Waals surface area contributed by atoms with Gasteiger partial charge in [0.15, 0.2) is 12.4 Å². The van der Waals surface area contributed by atoms with Crippen molar-refractivity contribution in [3.63, 3.8) is 0 Å². The third-order valence-corrected chi connectivity index (χ3v) is 6.72. The van der Waals surface area contributed by atoms with Gasteiger partial charge in [0.1, 0.15) is 5.75 Å². The number of nitrogens with zero attached hydrogens (tertiary/aromatic N) is 1. The first kappa shape index (κ1) is 24.0. The average Bonchev–Trinajstić information content (AvgIpc) is 3.14. The van der Waals surface area contributed by atoms with Crippen LogP contribution in [0.5, 0.6) is 5.75 Å². The zero-order valence-electron chi connectivity index (χ0n) is 18.3. The largest absolute Gasteiger partial charge is 0.485 e. The van der Waals surface area contributed by atoms with Gasteiger partial charge in [0.2, 0.25) is 0 Å². The Labute approximate surface area is 210 Å². The monoisotopic (exact) mass is 535 g/mol. The summed E-state index contributed by atoms with van der Waals surface area (Å²) >= 11 is 4.26. The number of ether oxygens (including phenoxy) is 1. The van der Waals surface area contributed by atoms with Crippen LogP contribution in [0.1, 0.15) is 22.3 Å². The van der Waals surface area contributed by atoms with Crippen LogP contribution >= 0.6 is 27.7 Å². The molecule has 0 unspecified atom stereocenters. The molecule has 0 aromatic heterocycles. The van der Waals surface area contributed by atoms with Gasteiger partial charge in [0.25, 0.3) is 11.1 Å². The zero-order valence-corrected chi connectivity index (χ0v) is 20.7. The Morgan fingerprint density at radius 2 is 1.59 bits per heavy atom. The van der Waals surface area contributed by atoms with Gasteiger partial charge >= 0.3 is 0 Å². The van der Waals surface area contributed by atoms with Gasteiger partial charge in [-0.15, -0.1) is 0 Å². The fourth-order valence-corrected chi connectivity index (χ4v) is 4.55. The molecule has 0 saturated carbocycles. The van der Waals surface area contributed by atoms with E-state index in [0.717, 1.165) is 33.8 Å². The molecule has 1 fully saturated rings. The molecule has 172 valence electrons. The Kier molecular flexibility index (Phi) is 7.98. The van der Waals surface area contributed by atoms with E-state index < -0.39 is 0 Å². The van der Waals surface area contributed by atoms with Crippen molar-refractivity contribution in [1.29, 1.82) is 0 Å². The molecule has 0 N–H and O–H groups in total. The highest BCUT2D eigenvalue weighted by atomic mass is 79.9. The number of benzene rings is 3. The van der Waals surface area contributed by atoms with Gasteiger partial charge in [-0.1, -0.05) is 82.7 Å². The Morgan fingerprint density at radius 3 is 2.26 bits per heavy atom. The van der Waals surface area contributed by atoms with Gasteiger partial charge < -0.3 is 4.74 Å². The predicted octanol–water partition coefficient (Wildman–Crippen LogP) is 6.44. The van der Waals surface area contributed by atoms with Crippen molar-refractivity contribution >= 4 is 50.7 Å². The molecule has 0 bridgehead atoms. The third kappa shape index (κ3) is 5.85. The molecule has 0 radical (unpaired) electrons. The second-order valence-electron chi connectivity index (χ2n) is 7.60. The highest BCUT2D eigenvalue weighted by Crippen LogP contribution is 2.32. The molecule has 4 rings (SSSR count). The first-order valence-electron chi connectivity index (χ1n) is 10.8. The summed E-state index contributed by atoms with van der Waals surface area (Å²) in [6.45, 7) is 0.333. The van der Waals surface area contributed by atoms with E-state index >= 15 is 0 Å². The highest BCUT2D eigenvalue weighted by molar-refractivity contribution is 9.09. The number of ketones is 1. The summed E-state index contributed by atoms with van der Waals surface area (Å²) in [4.78, 5) is 38.7. The van der Waals surface area contributed by atoms with E-state index in [-0.39, 0.29) is 23.5 Å². The minimum Gasteiger partial charge on any atom is -0.485 e. The molecule has 5 nitrogen and oxygen atoms in total. The van der Waals surface area contributed by atoms with E-state index in [1.165, 1.54) is 4.90 Å². The lowest BCUT2D eigenvalue weighted by molar-refractivity contribution is -0.122. The highest BCUT2D eigenvalue weighted by Gasteiger charge is 2.34. The molecule has 1 saturated heterocycles. The van der Waals surface area contributed by atoms with Crippen molar-refractivity contribution in [2.45, 2.75) is 6.42 Å². The van der Waals surface area contributed by atoms with Crippen molar-refractivity contribution < 1.29 is 19.1 Å². The molecule has 0 spiro atoms. The number of hydrogen-bond acceptors (Lipinski definition) is 5. The van der Waals surface area contributed by atoms with Crippen LogP contribution in [0, 0.1) is 0 Å². The standard InChI is InChI=1S/C27H22BrNO4S/c28-15-4-16-29-26(31)25(34-27(29)32)17-19-7-13-23(14-8-19)33-18-24(30)22-11-9-21(10-12-22)20-5-2-1-3-6-20/h1-3,5-14,17H,4,15-16,18H2. The fourth-order valence-electron chi connectivity index (χ4n) is 3.43. The summed E-state index contributed by atoms with van der Waals surface area (Å²) in [6.07, 6.45) is 2.41.